The maximum Gasteiger partial charge on any atom is 0.337 e. The van der Waals surface area contributed by atoms with E-state index in [-0.39, 0.29) is 5.54 Å². The maximum atomic E-state index is 12.0. The average molecular weight is 302 g/mol. The first-order chi connectivity index (χ1) is 9.56. The van der Waals surface area contributed by atoms with Gasteiger partial charge in [-0.2, -0.15) is 0 Å². The van der Waals surface area contributed by atoms with Crippen LogP contribution in [0.5, 0.6) is 0 Å². The summed E-state index contributed by atoms with van der Waals surface area (Å²) < 4.78 is 16.2. The van der Waals surface area contributed by atoms with Crippen LogP contribution >= 0.6 is 0 Å². The second kappa shape index (κ2) is 12.1. The molecule has 0 aliphatic carbocycles. The first-order valence-corrected chi connectivity index (χ1v) is 8.85. The Balaban J connectivity index is 4.29. The summed E-state index contributed by atoms with van der Waals surface area (Å²) in [5, 5.41) is 0. The van der Waals surface area contributed by atoms with Crippen LogP contribution in [-0.2, 0) is 19.0 Å². The molecule has 20 heavy (non-hydrogen) atoms. The van der Waals surface area contributed by atoms with Gasteiger partial charge in [-0.15, -0.1) is 0 Å². The van der Waals surface area contributed by atoms with Crippen molar-refractivity contribution in [2.45, 2.75) is 64.9 Å². The van der Waals surface area contributed by atoms with Crippen LogP contribution in [0.1, 0.15) is 52.9 Å². The fourth-order valence-electron chi connectivity index (χ4n) is 1.37. The summed E-state index contributed by atoms with van der Waals surface area (Å²) in [6.07, 6.45) is 4.81. The minimum atomic E-state index is -0.900. The van der Waals surface area contributed by atoms with Crippen molar-refractivity contribution in [1.29, 1.82) is 0 Å². The number of rotatable bonds is 12. The molecule has 0 rings (SSSR count). The van der Waals surface area contributed by atoms with Gasteiger partial charge in [0.1, 0.15) is 0 Å². The molecular formula is C15H30O4Si. The van der Waals surface area contributed by atoms with E-state index in [0.29, 0.717) is 18.8 Å². The van der Waals surface area contributed by atoms with E-state index in [0.717, 1.165) is 42.3 Å². The van der Waals surface area contributed by atoms with E-state index in [2.05, 4.69) is 20.4 Å². The zero-order valence-electron chi connectivity index (χ0n) is 13.4. The monoisotopic (exact) mass is 302 g/mol. The minimum Gasteiger partial charge on any atom is -0.407 e. The van der Waals surface area contributed by atoms with E-state index >= 15 is 0 Å². The standard InChI is InChI=1S/C15H30O4Si/c1-5-8-10-17-15(18-11-9-6-2)19-14(16)12(4)13(20)7-3/h13,15H,4-11H2,1-3,20H3. The number of esters is 1. The number of ether oxygens (including phenoxy) is 3. The molecule has 0 aromatic rings. The highest BCUT2D eigenvalue weighted by Gasteiger charge is 2.20. The molecule has 0 spiro atoms. The molecule has 0 aromatic carbocycles. The van der Waals surface area contributed by atoms with Gasteiger partial charge in [0.15, 0.2) is 0 Å². The lowest BCUT2D eigenvalue weighted by Crippen LogP contribution is -2.27. The van der Waals surface area contributed by atoms with Crippen LogP contribution in [0.25, 0.3) is 0 Å². The SMILES string of the molecule is C=C(C(=O)OC(OCCCC)OCCCC)C([SiH3])CC. The Morgan fingerprint density at radius 2 is 1.60 bits per heavy atom. The van der Waals surface area contributed by atoms with Crippen LogP contribution in [0.2, 0.25) is 5.54 Å². The van der Waals surface area contributed by atoms with Crippen LogP contribution in [0, 0.1) is 0 Å². The van der Waals surface area contributed by atoms with Crippen molar-refractivity contribution in [3.8, 4) is 0 Å². The molecule has 0 aliphatic rings. The van der Waals surface area contributed by atoms with Crippen LogP contribution in [0.4, 0.5) is 0 Å². The van der Waals surface area contributed by atoms with Gasteiger partial charge >= 0.3 is 12.4 Å². The molecule has 0 N–H and O–H groups in total. The number of carbonyl (C=O) groups is 1. The van der Waals surface area contributed by atoms with Crippen LogP contribution in [0.15, 0.2) is 12.2 Å². The molecule has 0 saturated heterocycles. The smallest absolute Gasteiger partial charge is 0.337 e. The molecule has 0 amide bonds. The predicted molar refractivity (Wildman–Crippen MR) is 84.7 cm³/mol. The van der Waals surface area contributed by atoms with Crippen LogP contribution in [0.3, 0.4) is 0 Å². The largest absolute Gasteiger partial charge is 0.407 e. The van der Waals surface area contributed by atoms with Gasteiger partial charge in [-0.1, -0.05) is 46.6 Å². The Morgan fingerprint density at radius 3 is 2.00 bits per heavy atom. The predicted octanol–water partition coefficient (Wildman–Crippen LogP) is 2.57. The van der Waals surface area contributed by atoms with Gasteiger partial charge in [0.25, 0.3) is 0 Å². The lowest BCUT2D eigenvalue weighted by Gasteiger charge is -2.20. The second-order valence-electron chi connectivity index (χ2n) is 4.98. The molecule has 0 heterocycles. The zero-order valence-corrected chi connectivity index (χ0v) is 15.4. The topological polar surface area (TPSA) is 44.8 Å². The van der Waals surface area contributed by atoms with Gasteiger partial charge in [0.05, 0.1) is 13.2 Å². The molecule has 1 unspecified atom stereocenters. The first kappa shape index (κ1) is 19.3. The Kier molecular flexibility index (Phi) is 11.7. The normalized spacial score (nSPS) is 12.6. The molecule has 0 aliphatic heterocycles. The number of carbonyl (C=O) groups excluding carboxylic acids is 1. The third-order valence-electron chi connectivity index (χ3n) is 3.18. The van der Waals surface area contributed by atoms with E-state index in [1.165, 1.54) is 0 Å². The minimum absolute atomic E-state index is 0.245. The van der Waals surface area contributed by atoms with Crippen LogP contribution in [-0.4, -0.2) is 35.9 Å². The maximum absolute atomic E-state index is 12.0. The highest BCUT2D eigenvalue weighted by atomic mass is 28.1. The summed E-state index contributed by atoms with van der Waals surface area (Å²) in [5.41, 5.74) is 0.775. The Labute approximate surface area is 126 Å². The summed E-state index contributed by atoms with van der Waals surface area (Å²) in [4.78, 5) is 12.0. The van der Waals surface area contributed by atoms with Gasteiger partial charge in [-0.3, -0.25) is 0 Å². The Bertz CT molecular complexity index is 271. The van der Waals surface area contributed by atoms with Gasteiger partial charge in [0, 0.05) is 15.8 Å². The summed E-state index contributed by atoms with van der Waals surface area (Å²) in [5.74, 6) is -0.398. The van der Waals surface area contributed by atoms with Gasteiger partial charge in [-0.05, 0) is 18.4 Å². The molecule has 5 heteroatoms. The van der Waals surface area contributed by atoms with Gasteiger partial charge < -0.3 is 14.2 Å². The third kappa shape index (κ3) is 8.50. The molecular weight excluding hydrogens is 272 g/mol. The van der Waals surface area contributed by atoms with Crippen molar-refractivity contribution in [2.24, 2.45) is 0 Å². The van der Waals surface area contributed by atoms with E-state index in [1.807, 2.05) is 6.92 Å². The molecule has 0 radical (unpaired) electrons. The fourth-order valence-corrected chi connectivity index (χ4v) is 1.61. The first-order valence-electron chi connectivity index (χ1n) is 7.69. The Morgan fingerprint density at radius 1 is 1.10 bits per heavy atom. The van der Waals surface area contributed by atoms with E-state index in [1.54, 1.807) is 0 Å². The molecule has 0 aromatic heterocycles. The molecule has 0 bridgehead atoms. The molecule has 0 saturated carbocycles. The number of hydrogen-bond donors (Lipinski definition) is 0. The molecule has 118 valence electrons. The third-order valence-corrected chi connectivity index (χ3v) is 4.69. The summed E-state index contributed by atoms with van der Waals surface area (Å²) in [6.45, 7) is 10.2. The molecule has 4 nitrogen and oxygen atoms in total. The van der Waals surface area contributed by atoms with Gasteiger partial charge in [0.2, 0.25) is 0 Å². The lowest BCUT2D eigenvalue weighted by molar-refractivity contribution is -0.274. The lowest BCUT2D eigenvalue weighted by atomic mass is 10.2. The number of hydrogen-bond acceptors (Lipinski definition) is 4. The average Bonchev–Trinajstić information content (AvgIpc) is 2.45. The quantitative estimate of drug-likeness (QED) is 0.183. The van der Waals surface area contributed by atoms with Crippen molar-refractivity contribution >= 4 is 16.2 Å². The Hall–Kier alpha value is -0.653. The van der Waals surface area contributed by atoms with Crippen LogP contribution < -0.4 is 0 Å². The summed E-state index contributed by atoms with van der Waals surface area (Å²) in [7, 11) is 0.897. The fraction of sp³-hybridized carbons (Fsp3) is 0.800. The van der Waals surface area contributed by atoms with E-state index in [9.17, 15) is 4.79 Å². The van der Waals surface area contributed by atoms with Crippen molar-refractivity contribution in [1.82, 2.24) is 0 Å². The summed E-state index contributed by atoms with van der Waals surface area (Å²) in [6, 6.07) is 0. The van der Waals surface area contributed by atoms with Crippen molar-refractivity contribution < 1.29 is 19.0 Å². The molecule has 0 fully saturated rings. The summed E-state index contributed by atoms with van der Waals surface area (Å²) >= 11 is 0. The number of unbranched alkanes of at least 4 members (excludes halogenated alkanes) is 2. The van der Waals surface area contributed by atoms with E-state index < -0.39 is 12.4 Å². The second-order valence-corrected chi connectivity index (χ2v) is 6.37. The van der Waals surface area contributed by atoms with Gasteiger partial charge in [-0.25, -0.2) is 4.79 Å². The zero-order chi connectivity index (χ0) is 15.4. The van der Waals surface area contributed by atoms with Crippen molar-refractivity contribution in [3.05, 3.63) is 12.2 Å². The highest BCUT2D eigenvalue weighted by Crippen LogP contribution is 2.18. The molecule has 1 atom stereocenters. The van der Waals surface area contributed by atoms with Crippen molar-refractivity contribution in [3.63, 3.8) is 0 Å². The van der Waals surface area contributed by atoms with Crippen molar-refractivity contribution in [2.75, 3.05) is 13.2 Å². The highest BCUT2D eigenvalue weighted by molar-refractivity contribution is 6.17. The van der Waals surface area contributed by atoms with E-state index in [4.69, 9.17) is 14.2 Å².